The van der Waals surface area contributed by atoms with Gasteiger partial charge in [-0.3, -0.25) is 13.9 Å². The molecule has 18 heavy (non-hydrogen) atoms. The Kier molecular flexibility index (Phi) is 5.75. The third-order valence-electron chi connectivity index (χ3n) is 3.58. The summed E-state index contributed by atoms with van der Waals surface area (Å²) in [4.78, 5) is 14.4. The van der Waals surface area contributed by atoms with Gasteiger partial charge in [0.15, 0.2) is 0 Å². The lowest BCUT2D eigenvalue weighted by Gasteiger charge is -2.39. The number of hydrogen-bond donors (Lipinski definition) is 2. The zero-order valence-corrected chi connectivity index (χ0v) is 12.6. The summed E-state index contributed by atoms with van der Waals surface area (Å²) in [5.74, 6) is 0.0155. The standard InChI is InChI=1S/C12H25N3O2S/c1-10(18(4)17)9-14-11(16)12(2,3)15-7-5-13-6-8-15/h10,13H,5-9H2,1-4H3,(H,14,16). The predicted molar refractivity (Wildman–Crippen MR) is 75.1 cm³/mol. The number of amides is 1. The van der Waals surface area contributed by atoms with Gasteiger partial charge in [-0.15, -0.1) is 0 Å². The molecule has 0 aromatic rings. The minimum atomic E-state index is -0.897. The number of rotatable bonds is 5. The topological polar surface area (TPSA) is 61.4 Å². The van der Waals surface area contributed by atoms with Crippen molar-refractivity contribution in [2.24, 2.45) is 0 Å². The van der Waals surface area contributed by atoms with E-state index in [1.54, 1.807) is 6.26 Å². The monoisotopic (exact) mass is 275 g/mol. The fourth-order valence-corrected chi connectivity index (χ4v) is 2.26. The van der Waals surface area contributed by atoms with Crippen molar-refractivity contribution in [1.29, 1.82) is 0 Å². The van der Waals surface area contributed by atoms with Gasteiger partial charge >= 0.3 is 0 Å². The molecule has 1 heterocycles. The first-order valence-electron chi connectivity index (χ1n) is 6.42. The highest BCUT2D eigenvalue weighted by Gasteiger charge is 2.35. The summed E-state index contributed by atoms with van der Waals surface area (Å²) in [6.07, 6.45) is 1.66. The number of piperazine rings is 1. The lowest BCUT2D eigenvalue weighted by molar-refractivity contribution is -0.132. The van der Waals surface area contributed by atoms with Gasteiger partial charge in [0.05, 0.1) is 5.54 Å². The van der Waals surface area contributed by atoms with Crippen LogP contribution in [0.1, 0.15) is 20.8 Å². The van der Waals surface area contributed by atoms with Crippen LogP contribution in [0.4, 0.5) is 0 Å². The minimum absolute atomic E-state index is 0.00669. The Morgan fingerprint density at radius 1 is 1.44 bits per heavy atom. The number of hydrogen-bond acceptors (Lipinski definition) is 4. The van der Waals surface area contributed by atoms with Crippen LogP contribution >= 0.6 is 0 Å². The molecule has 6 heteroatoms. The molecule has 0 bridgehead atoms. The van der Waals surface area contributed by atoms with E-state index < -0.39 is 16.3 Å². The summed E-state index contributed by atoms with van der Waals surface area (Å²) in [6, 6.07) is 0. The quantitative estimate of drug-likeness (QED) is 0.714. The average Bonchev–Trinajstić information content (AvgIpc) is 2.36. The molecule has 1 aliphatic heterocycles. The predicted octanol–water partition coefficient (Wildman–Crippen LogP) is -0.447. The number of nitrogens with one attached hydrogen (secondary N) is 2. The molecule has 0 spiro atoms. The Bertz CT molecular complexity index is 314. The zero-order chi connectivity index (χ0) is 13.8. The maximum absolute atomic E-state index is 12.2. The van der Waals surface area contributed by atoms with Crippen molar-refractivity contribution in [3.05, 3.63) is 0 Å². The van der Waals surface area contributed by atoms with E-state index in [0.717, 1.165) is 26.2 Å². The molecule has 1 aliphatic rings. The van der Waals surface area contributed by atoms with Gasteiger partial charge in [-0.1, -0.05) is 0 Å². The summed E-state index contributed by atoms with van der Waals surface area (Å²) in [6.45, 7) is 9.86. The summed E-state index contributed by atoms with van der Waals surface area (Å²) < 4.78 is 11.2. The number of carbonyl (C=O) groups excluding carboxylic acids is 1. The normalized spacial score (nSPS) is 21.3. The van der Waals surface area contributed by atoms with Crippen molar-refractivity contribution in [2.45, 2.75) is 31.6 Å². The van der Waals surface area contributed by atoms with E-state index in [9.17, 15) is 9.00 Å². The van der Waals surface area contributed by atoms with Crippen LogP contribution in [0.25, 0.3) is 0 Å². The van der Waals surface area contributed by atoms with E-state index in [1.807, 2.05) is 20.8 Å². The molecule has 2 N–H and O–H groups in total. The molecule has 0 aromatic heterocycles. The fraction of sp³-hybridized carbons (Fsp3) is 0.917. The molecule has 0 aromatic carbocycles. The van der Waals surface area contributed by atoms with Crippen LogP contribution in [-0.4, -0.2) is 64.8 Å². The molecule has 1 amide bonds. The van der Waals surface area contributed by atoms with E-state index >= 15 is 0 Å². The van der Waals surface area contributed by atoms with Crippen LogP contribution in [0.5, 0.6) is 0 Å². The van der Waals surface area contributed by atoms with Crippen molar-refractivity contribution in [1.82, 2.24) is 15.5 Å². The minimum Gasteiger partial charge on any atom is -0.353 e. The van der Waals surface area contributed by atoms with Gasteiger partial charge in [0.1, 0.15) is 0 Å². The molecule has 2 unspecified atom stereocenters. The van der Waals surface area contributed by atoms with Gasteiger partial charge in [-0.2, -0.15) is 0 Å². The first kappa shape index (κ1) is 15.6. The van der Waals surface area contributed by atoms with E-state index in [0.29, 0.717) is 6.54 Å². The second-order valence-electron chi connectivity index (χ2n) is 5.32. The van der Waals surface area contributed by atoms with Crippen molar-refractivity contribution in [2.75, 3.05) is 39.0 Å². The van der Waals surface area contributed by atoms with Crippen LogP contribution in [0.2, 0.25) is 0 Å². The smallest absolute Gasteiger partial charge is 0.239 e. The second-order valence-corrected chi connectivity index (χ2v) is 7.12. The van der Waals surface area contributed by atoms with E-state index in [-0.39, 0.29) is 11.2 Å². The Morgan fingerprint density at radius 3 is 2.50 bits per heavy atom. The van der Waals surface area contributed by atoms with Crippen molar-refractivity contribution >= 4 is 16.7 Å². The number of carbonyl (C=O) groups is 1. The molecule has 0 radical (unpaired) electrons. The van der Waals surface area contributed by atoms with E-state index in [2.05, 4.69) is 15.5 Å². The fourth-order valence-electron chi connectivity index (χ4n) is 1.94. The van der Waals surface area contributed by atoms with Crippen LogP contribution in [0.15, 0.2) is 0 Å². The molecule has 0 saturated carbocycles. The summed E-state index contributed by atoms with van der Waals surface area (Å²) >= 11 is 0. The van der Waals surface area contributed by atoms with Gasteiger partial charge in [-0.05, 0) is 20.8 Å². The summed E-state index contributed by atoms with van der Waals surface area (Å²) in [5, 5.41) is 6.18. The molecular weight excluding hydrogens is 250 g/mol. The molecule has 106 valence electrons. The Labute approximate surface area is 112 Å². The lowest BCUT2D eigenvalue weighted by Crippen LogP contribution is -2.60. The average molecular weight is 275 g/mol. The van der Waals surface area contributed by atoms with Crippen LogP contribution in [0.3, 0.4) is 0 Å². The molecule has 1 saturated heterocycles. The van der Waals surface area contributed by atoms with Gasteiger partial charge in [0.25, 0.3) is 0 Å². The first-order chi connectivity index (χ1) is 8.35. The van der Waals surface area contributed by atoms with Crippen LogP contribution < -0.4 is 10.6 Å². The van der Waals surface area contributed by atoms with E-state index in [4.69, 9.17) is 0 Å². The maximum atomic E-state index is 12.2. The van der Waals surface area contributed by atoms with Crippen molar-refractivity contribution < 1.29 is 9.00 Å². The van der Waals surface area contributed by atoms with Crippen LogP contribution in [0, 0.1) is 0 Å². The lowest BCUT2D eigenvalue weighted by atomic mass is 10.0. The van der Waals surface area contributed by atoms with Crippen molar-refractivity contribution in [3.8, 4) is 0 Å². The zero-order valence-electron chi connectivity index (χ0n) is 11.8. The Hall–Kier alpha value is -0.460. The SMILES string of the molecule is CC(CNC(=O)C(C)(C)N1CCNCC1)S(C)=O. The Morgan fingerprint density at radius 2 is 2.00 bits per heavy atom. The highest BCUT2D eigenvalue weighted by Crippen LogP contribution is 2.15. The van der Waals surface area contributed by atoms with E-state index in [1.165, 1.54) is 0 Å². The third kappa shape index (κ3) is 4.03. The summed E-state index contributed by atoms with van der Waals surface area (Å²) in [7, 11) is -0.897. The maximum Gasteiger partial charge on any atom is 0.239 e. The first-order valence-corrected chi connectivity index (χ1v) is 8.04. The molecule has 2 atom stereocenters. The highest BCUT2D eigenvalue weighted by molar-refractivity contribution is 7.84. The van der Waals surface area contributed by atoms with Crippen LogP contribution in [-0.2, 0) is 15.6 Å². The molecule has 0 aliphatic carbocycles. The largest absolute Gasteiger partial charge is 0.353 e. The number of nitrogens with zero attached hydrogens (tertiary/aromatic N) is 1. The summed E-state index contributed by atoms with van der Waals surface area (Å²) in [5.41, 5.74) is -0.503. The molecule has 5 nitrogen and oxygen atoms in total. The van der Waals surface area contributed by atoms with Crippen molar-refractivity contribution in [3.63, 3.8) is 0 Å². The van der Waals surface area contributed by atoms with Gasteiger partial charge in [0, 0.05) is 55.0 Å². The van der Waals surface area contributed by atoms with Gasteiger partial charge in [-0.25, -0.2) is 0 Å². The molecule has 1 fully saturated rings. The van der Waals surface area contributed by atoms with Gasteiger partial charge < -0.3 is 10.6 Å². The molecular formula is C12H25N3O2S. The molecule has 1 rings (SSSR count). The second kappa shape index (κ2) is 6.63. The highest BCUT2D eigenvalue weighted by atomic mass is 32.2. The van der Waals surface area contributed by atoms with Gasteiger partial charge in [0.2, 0.25) is 5.91 Å². The Balaban J connectivity index is 2.50. The third-order valence-corrected chi connectivity index (χ3v) is 4.88.